The number of nitrogens with zero attached hydrogens (tertiary/aromatic N) is 3. The molecular weight excluding hydrogens is 421 g/mol. The van der Waals surface area contributed by atoms with Crippen molar-refractivity contribution in [1.29, 1.82) is 0 Å². The van der Waals surface area contributed by atoms with E-state index in [1.807, 2.05) is 10.8 Å². The molecule has 0 fully saturated rings. The van der Waals surface area contributed by atoms with E-state index < -0.39 is 11.9 Å². The van der Waals surface area contributed by atoms with E-state index in [2.05, 4.69) is 4.98 Å². The van der Waals surface area contributed by atoms with Gasteiger partial charge in [-0.15, -0.1) is 0 Å². The first-order valence-corrected chi connectivity index (χ1v) is 10.2. The molecule has 1 amide bonds. The number of aryl methyl sites for hydroxylation is 1. The summed E-state index contributed by atoms with van der Waals surface area (Å²) in [5, 5.41) is 0.714. The van der Waals surface area contributed by atoms with Crippen LogP contribution in [0.4, 0.5) is 4.39 Å². The first kappa shape index (κ1) is 19.5. The molecule has 0 spiro atoms. The Labute approximate surface area is 181 Å². The van der Waals surface area contributed by atoms with Crippen LogP contribution in [0.25, 0.3) is 11.0 Å². The van der Waals surface area contributed by atoms with Crippen LogP contribution < -0.4 is 5.43 Å². The van der Waals surface area contributed by atoms with Crippen LogP contribution in [0.2, 0.25) is 5.02 Å². The smallest absolute Gasteiger partial charge is 0.290 e. The molecule has 2 aromatic heterocycles. The fourth-order valence-corrected chi connectivity index (χ4v) is 4.23. The Morgan fingerprint density at radius 3 is 2.65 bits per heavy atom. The molecule has 1 aliphatic rings. The van der Waals surface area contributed by atoms with Gasteiger partial charge < -0.3 is 13.9 Å². The summed E-state index contributed by atoms with van der Waals surface area (Å²) in [5.74, 6) is -0.724. The summed E-state index contributed by atoms with van der Waals surface area (Å²) >= 11 is 6.08. The molecule has 0 saturated heterocycles. The summed E-state index contributed by atoms with van der Waals surface area (Å²) in [6.45, 7) is 1.05. The van der Waals surface area contributed by atoms with Gasteiger partial charge in [0.2, 0.25) is 5.76 Å². The number of benzene rings is 2. The van der Waals surface area contributed by atoms with Crippen LogP contribution in [0, 0.1) is 5.82 Å². The molecule has 2 aromatic carbocycles. The van der Waals surface area contributed by atoms with Gasteiger partial charge in [0.1, 0.15) is 11.4 Å². The normalized spacial score (nSPS) is 15.6. The Morgan fingerprint density at radius 1 is 1.10 bits per heavy atom. The van der Waals surface area contributed by atoms with Crippen LogP contribution in [0.3, 0.4) is 0 Å². The zero-order valence-corrected chi connectivity index (χ0v) is 17.1. The van der Waals surface area contributed by atoms with Crippen molar-refractivity contribution < 1.29 is 13.6 Å². The third-order valence-electron chi connectivity index (χ3n) is 5.49. The van der Waals surface area contributed by atoms with Crippen LogP contribution in [0.5, 0.6) is 0 Å². The highest BCUT2D eigenvalue weighted by Gasteiger charge is 2.42. The third-order valence-corrected chi connectivity index (χ3v) is 5.72. The lowest BCUT2D eigenvalue weighted by molar-refractivity contribution is 0.0723. The van der Waals surface area contributed by atoms with Gasteiger partial charge in [-0.1, -0.05) is 23.7 Å². The Hall–Kier alpha value is -3.45. The lowest BCUT2D eigenvalue weighted by atomic mass is 9.98. The second-order valence-corrected chi connectivity index (χ2v) is 7.86. The van der Waals surface area contributed by atoms with E-state index in [-0.39, 0.29) is 22.7 Å². The maximum Gasteiger partial charge on any atom is 0.290 e. The van der Waals surface area contributed by atoms with E-state index in [0.717, 1.165) is 0 Å². The molecule has 1 atom stereocenters. The van der Waals surface area contributed by atoms with Crippen molar-refractivity contribution in [1.82, 2.24) is 14.5 Å². The molecule has 4 aromatic rings. The number of aromatic nitrogens is 2. The van der Waals surface area contributed by atoms with Gasteiger partial charge >= 0.3 is 0 Å². The number of carbonyl (C=O) groups is 1. The number of hydrogen-bond donors (Lipinski definition) is 0. The molecule has 0 N–H and O–H groups in total. The number of imidazole rings is 1. The van der Waals surface area contributed by atoms with E-state index in [1.165, 1.54) is 18.2 Å². The standard InChI is InChI=1S/C23H17ClFN3O3/c24-15-4-7-18-17(12-15)21(29)19-20(14-2-5-16(25)6-3-14)28(23(30)22(19)31-18)10-1-9-27-11-8-26-13-27/h2-8,11-13,20H,1,9-10H2. The van der Waals surface area contributed by atoms with Gasteiger partial charge in [-0.25, -0.2) is 9.37 Å². The van der Waals surface area contributed by atoms with Gasteiger partial charge in [-0.2, -0.15) is 0 Å². The second-order valence-electron chi connectivity index (χ2n) is 7.42. The van der Waals surface area contributed by atoms with Crippen LogP contribution in [0.1, 0.15) is 34.1 Å². The zero-order valence-electron chi connectivity index (χ0n) is 16.3. The topological polar surface area (TPSA) is 68.3 Å². The quantitative estimate of drug-likeness (QED) is 0.463. The molecule has 0 bridgehead atoms. The molecule has 3 heterocycles. The van der Waals surface area contributed by atoms with Crippen molar-refractivity contribution in [2.45, 2.75) is 19.0 Å². The van der Waals surface area contributed by atoms with Crippen LogP contribution in [-0.2, 0) is 6.54 Å². The number of fused-ring (bicyclic) bond motifs is 2. The predicted molar refractivity (Wildman–Crippen MR) is 114 cm³/mol. The van der Waals surface area contributed by atoms with Crippen molar-refractivity contribution in [2.24, 2.45) is 0 Å². The van der Waals surface area contributed by atoms with Crippen LogP contribution in [-0.4, -0.2) is 26.9 Å². The Balaban J connectivity index is 1.60. The van der Waals surface area contributed by atoms with Gasteiger partial charge in [0, 0.05) is 30.5 Å². The Morgan fingerprint density at radius 2 is 1.90 bits per heavy atom. The molecule has 31 heavy (non-hydrogen) atoms. The highest BCUT2D eigenvalue weighted by molar-refractivity contribution is 6.31. The lowest BCUT2D eigenvalue weighted by Crippen LogP contribution is -2.31. The first-order chi connectivity index (χ1) is 15.0. The van der Waals surface area contributed by atoms with Crippen LogP contribution in [0.15, 0.2) is 70.4 Å². The first-order valence-electron chi connectivity index (χ1n) is 9.81. The number of amides is 1. The molecule has 8 heteroatoms. The SMILES string of the molecule is O=C1c2oc3ccc(Cl)cc3c(=O)c2C(c2ccc(F)cc2)N1CCCn1ccnc1. The number of halogens is 2. The minimum atomic E-state index is -0.662. The van der Waals surface area contributed by atoms with Gasteiger partial charge in [0.15, 0.2) is 5.43 Å². The van der Waals surface area contributed by atoms with Crippen LogP contribution >= 0.6 is 11.6 Å². The maximum absolute atomic E-state index is 13.6. The molecule has 0 saturated carbocycles. The minimum absolute atomic E-state index is 0.0248. The Bertz CT molecular complexity index is 1330. The predicted octanol–water partition coefficient (Wildman–Crippen LogP) is 4.42. The van der Waals surface area contributed by atoms with Crippen molar-refractivity contribution >= 4 is 28.5 Å². The number of carbonyl (C=O) groups excluding carboxylic acids is 1. The van der Waals surface area contributed by atoms with Crippen molar-refractivity contribution in [3.05, 3.63) is 99.1 Å². The summed E-state index contributed by atoms with van der Waals surface area (Å²) in [7, 11) is 0. The average Bonchev–Trinajstić information content (AvgIpc) is 3.37. The zero-order chi connectivity index (χ0) is 21.5. The fraction of sp³-hybridized carbons (Fsp3) is 0.174. The Kier molecular flexibility index (Phi) is 4.82. The summed E-state index contributed by atoms with van der Waals surface area (Å²) in [5.41, 5.74) is 0.900. The molecule has 1 unspecified atom stereocenters. The van der Waals surface area contributed by atoms with E-state index >= 15 is 0 Å². The molecule has 156 valence electrons. The minimum Gasteiger partial charge on any atom is -0.450 e. The maximum atomic E-state index is 13.6. The summed E-state index contributed by atoms with van der Waals surface area (Å²) in [6.07, 6.45) is 5.89. The molecule has 6 nitrogen and oxygen atoms in total. The molecule has 0 radical (unpaired) electrons. The number of rotatable bonds is 5. The van der Waals surface area contributed by atoms with E-state index in [0.29, 0.717) is 41.1 Å². The third kappa shape index (κ3) is 3.41. The van der Waals surface area contributed by atoms with Crippen molar-refractivity contribution in [3.8, 4) is 0 Å². The van der Waals surface area contributed by atoms with Crippen molar-refractivity contribution in [2.75, 3.05) is 6.54 Å². The average molecular weight is 438 g/mol. The largest absolute Gasteiger partial charge is 0.450 e. The van der Waals surface area contributed by atoms with Crippen molar-refractivity contribution in [3.63, 3.8) is 0 Å². The monoisotopic (exact) mass is 437 g/mol. The summed E-state index contributed by atoms with van der Waals surface area (Å²) in [4.78, 5) is 32.3. The highest BCUT2D eigenvalue weighted by atomic mass is 35.5. The lowest BCUT2D eigenvalue weighted by Gasteiger charge is -2.25. The summed E-state index contributed by atoms with van der Waals surface area (Å²) in [6, 6.07) is 9.89. The van der Waals surface area contributed by atoms with Gasteiger partial charge in [0.05, 0.1) is 23.3 Å². The molecule has 5 rings (SSSR count). The van der Waals surface area contributed by atoms with Gasteiger partial charge in [-0.3, -0.25) is 9.59 Å². The molecule has 0 aliphatic carbocycles. The van der Waals surface area contributed by atoms with E-state index in [9.17, 15) is 14.0 Å². The number of hydrogen-bond acceptors (Lipinski definition) is 4. The second kappa shape index (κ2) is 7.67. The molecular formula is C23H17ClFN3O3. The van der Waals surface area contributed by atoms with E-state index in [1.54, 1.807) is 41.7 Å². The van der Waals surface area contributed by atoms with E-state index in [4.69, 9.17) is 16.0 Å². The van der Waals surface area contributed by atoms with Gasteiger partial charge in [0.25, 0.3) is 5.91 Å². The molecule has 1 aliphatic heterocycles. The highest BCUT2D eigenvalue weighted by Crippen LogP contribution is 2.38. The summed E-state index contributed by atoms with van der Waals surface area (Å²) < 4.78 is 21.3. The fourth-order valence-electron chi connectivity index (χ4n) is 4.06. The van der Waals surface area contributed by atoms with Gasteiger partial charge in [-0.05, 0) is 42.3 Å².